The SMILES string of the molecule is COC(=O)C1CC(C)(O)CN1C(=O)O. The van der Waals surface area contributed by atoms with E-state index >= 15 is 0 Å². The Balaban J connectivity index is 2.83. The van der Waals surface area contributed by atoms with E-state index in [0.717, 1.165) is 4.90 Å². The molecular weight excluding hydrogens is 190 g/mol. The molecule has 1 saturated heterocycles. The molecule has 0 aromatic heterocycles. The Kier molecular flexibility index (Phi) is 2.66. The lowest BCUT2D eigenvalue weighted by Gasteiger charge is -2.18. The van der Waals surface area contributed by atoms with Gasteiger partial charge in [-0.3, -0.25) is 4.90 Å². The molecule has 6 heteroatoms. The van der Waals surface area contributed by atoms with Crippen molar-refractivity contribution in [3.05, 3.63) is 0 Å². The van der Waals surface area contributed by atoms with E-state index in [1.165, 1.54) is 14.0 Å². The molecule has 1 aliphatic rings. The van der Waals surface area contributed by atoms with Gasteiger partial charge >= 0.3 is 12.1 Å². The number of β-amino-alcohol motifs (C(OH)–C–C–N with tert-alkyl or cyclic N) is 1. The summed E-state index contributed by atoms with van der Waals surface area (Å²) in [6.45, 7) is 1.42. The van der Waals surface area contributed by atoms with Crippen molar-refractivity contribution in [2.75, 3.05) is 13.7 Å². The molecule has 1 rings (SSSR count). The van der Waals surface area contributed by atoms with Crippen LogP contribution in [0.25, 0.3) is 0 Å². The van der Waals surface area contributed by atoms with Gasteiger partial charge in [-0.2, -0.15) is 0 Å². The number of rotatable bonds is 1. The highest BCUT2D eigenvalue weighted by molar-refractivity contribution is 5.81. The molecule has 1 heterocycles. The van der Waals surface area contributed by atoms with Crippen molar-refractivity contribution in [1.82, 2.24) is 4.90 Å². The van der Waals surface area contributed by atoms with Crippen molar-refractivity contribution in [3.63, 3.8) is 0 Å². The molecule has 0 radical (unpaired) electrons. The fraction of sp³-hybridized carbons (Fsp3) is 0.750. The van der Waals surface area contributed by atoms with Gasteiger partial charge in [0.2, 0.25) is 0 Å². The summed E-state index contributed by atoms with van der Waals surface area (Å²) in [5.74, 6) is -0.634. The minimum absolute atomic E-state index is 0.0674. The Morgan fingerprint density at radius 1 is 1.57 bits per heavy atom. The molecule has 0 spiro atoms. The highest BCUT2D eigenvalue weighted by Gasteiger charge is 2.45. The first-order valence-corrected chi connectivity index (χ1v) is 4.17. The van der Waals surface area contributed by atoms with Crippen molar-refractivity contribution in [3.8, 4) is 0 Å². The molecule has 2 unspecified atom stereocenters. The van der Waals surface area contributed by atoms with E-state index in [9.17, 15) is 14.7 Å². The second kappa shape index (κ2) is 3.45. The number of methoxy groups -OCH3 is 1. The van der Waals surface area contributed by atoms with Gasteiger partial charge in [0.25, 0.3) is 0 Å². The number of carbonyl (C=O) groups is 2. The first kappa shape index (κ1) is 10.8. The van der Waals surface area contributed by atoms with Crippen LogP contribution in [0.5, 0.6) is 0 Å². The van der Waals surface area contributed by atoms with Crippen LogP contribution in [0.2, 0.25) is 0 Å². The van der Waals surface area contributed by atoms with E-state index in [0.29, 0.717) is 0 Å². The average Bonchev–Trinajstić information content (AvgIpc) is 2.40. The zero-order chi connectivity index (χ0) is 10.9. The zero-order valence-corrected chi connectivity index (χ0v) is 8.06. The molecule has 0 saturated carbocycles. The number of likely N-dealkylation sites (tertiary alicyclic amines) is 1. The summed E-state index contributed by atoms with van der Waals surface area (Å²) in [4.78, 5) is 22.8. The number of aliphatic hydroxyl groups is 1. The minimum atomic E-state index is -1.22. The third kappa shape index (κ3) is 1.95. The molecule has 1 fully saturated rings. The molecular formula is C8H13NO5. The summed E-state index contributed by atoms with van der Waals surface area (Å²) in [7, 11) is 1.19. The fourth-order valence-corrected chi connectivity index (χ4v) is 1.62. The Labute approximate surface area is 81.1 Å². The van der Waals surface area contributed by atoms with Gasteiger partial charge in [-0.05, 0) is 6.92 Å². The number of esters is 1. The number of ether oxygens (including phenoxy) is 1. The number of hydrogen-bond donors (Lipinski definition) is 2. The summed E-state index contributed by atoms with van der Waals surface area (Å²) in [6, 6.07) is -0.896. The molecule has 6 nitrogen and oxygen atoms in total. The standard InChI is InChI=1S/C8H13NO5/c1-8(13)3-5(6(10)14-2)9(4-8)7(11)12/h5,13H,3-4H2,1-2H3,(H,11,12). The summed E-state index contributed by atoms with van der Waals surface area (Å²) >= 11 is 0. The van der Waals surface area contributed by atoms with Gasteiger partial charge < -0.3 is 14.9 Å². The molecule has 1 amide bonds. The number of nitrogens with zero attached hydrogens (tertiary/aromatic N) is 1. The first-order chi connectivity index (χ1) is 6.37. The normalized spacial score (nSPS) is 31.6. The van der Waals surface area contributed by atoms with Crippen molar-refractivity contribution in [2.45, 2.75) is 25.0 Å². The summed E-state index contributed by atoms with van der Waals surface area (Å²) in [5, 5.41) is 18.4. The molecule has 2 N–H and O–H groups in total. The average molecular weight is 203 g/mol. The highest BCUT2D eigenvalue weighted by Crippen LogP contribution is 2.27. The zero-order valence-electron chi connectivity index (χ0n) is 8.06. The number of carbonyl (C=O) groups excluding carboxylic acids is 1. The van der Waals surface area contributed by atoms with E-state index in [4.69, 9.17) is 5.11 Å². The van der Waals surface area contributed by atoms with Crippen molar-refractivity contribution >= 4 is 12.1 Å². The maximum absolute atomic E-state index is 11.2. The maximum atomic E-state index is 11.2. The predicted octanol–water partition coefficient (Wildman–Crippen LogP) is -0.337. The highest BCUT2D eigenvalue weighted by atomic mass is 16.5. The van der Waals surface area contributed by atoms with E-state index < -0.39 is 23.7 Å². The van der Waals surface area contributed by atoms with Crippen LogP contribution in [0, 0.1) is 0 Å². The van der Waals surface area contributed by atoms with Crippen molar-refractivity contribution in [1.29, 1.82) is 0 Å². The Morgan fingerprint density at radius 2 is 2.14 bits per heavy atom. The van der Waals surface area contributed by atoms with Gasteiger partial charge in [0.05, 0.1) is 19.3 Å². The van der Waals surface area contributed by atoms with Crippen molar-refractivity contribution in [2.24, 2.45) is 0 Å². The minimum Gasteiger partial charge on any atom is -0.467 e. The van der Waals surface area contributed by atoms with Gasteiger partial charge in [-0.15, -0.1) is 0 Å². The lowest BCUT2D eigenvalue weighted by molar-refractivity contribution is -0.145. The fourth-order valence-electron chi connectivity index (χ4n) is 1.62. The molecule has 2 atom stereocenters. The van der Waals surface area contributed by atoms with Gasteiger partial charge in [-0.25, -0.2) is 9.59 Å². The summed E-state index contributed by atoms with van der Waals surface area (Å²) < 4.78 is 4.45. The third-order valence-corrected chi connectivity index (χ3v) is 2.24. The summed E-state index contributed by atoms with van der Waals surface area (Å²) in [5.41, 5.74) is -1.16. The molecule has 14 heavy (non-hydrogen) atoms. The quantitative estimate of drug-likeness (QED) is 0.569. The number of hydrogen-bond acceptors (Lipinski definition) is 4. The van der Waals surface area contributed by atoms with E-state index in [1.54, 1.807) is 0 Å². The molecule has 80 valence electrons. The number of carboxylic acid groups (broad SMARTS) is 1. The van der Waals surface area contributed by atoms with Crippen LogP contribution in [0.1, 0.15) is 13.3 Å². The molecule has 0 aliphatic carbocycles. The lowest BCUT2D eigenvalue weighted by atomic mass is 10.0. The molecule has 0 aromatic carbocycles. The third-order valence-electron chi connectivity index (χ3n) is 2.24. The number of amides is 1. The lowest BCUT2D eigenvalue weighted by Crippen LogP contribution is -2.40. The Morgan fingerprint density at radius 3 is 2.57 bits per heavy atom. The van der Waals surface area contributed by atoms with E-state index in [1.807, 2.05) is 0 Å². The van der Waals surface area contributed by atoms with Gasteiger partial charge in [0.1, 0.15) is 6.04 Å². The van der Waals surface area contributed by atoms with Crippen LogP contribution >= 0.6 is 0 Å². The topological polar surface area (TPSA) is 87.1 Å². The van der Waals surface area contributed by atoms with Crippen LogP contribution in [0.3, 0.4) is 0 Å². The molecule has 0 bridgehead atoms. The molecule has 0 aromatic rings. The van der Waals surface area contributed by atoms with Crippen LogP contribution < -0.4 is 0 Å². The van der Waals surface area contributed by atoms with E-state index in [2.05, 4.69) is 4.74 Å². The summed E-state index contributed by atoms with van der Waals surface area (Å²) in [6.07, 6.45) is -1.15. The van der Waals surface area contributed by atoms with E-state index in [-0.39, 0.29) is 13.0 Å². The van der Waals surface area contributed by atoms with Gasteiger partial charge in [0, 0.05) is 6.42 Å². The van der Waals surface area contributed by atoms with Crippen LogP contribution in [0.4, 0.5) is 4.79 Å². The van der Waals surface area contributed by atoms with Gasteiger partial charge in [0.15, 0.2) is 0 Å². The monoisotopic (exact) mass is 203 g/mol. The predicted molar refractivity (Wildman–Crippen MR) is 45.8 cm³/mol. The largest absolute Gasteiger partial charge is 0.467 e. The van der Waals surface area contributed by atoms with Gasteiger partial charge in [-0.1, -0.05) is 0 Å². The van der Waals surface area contributed by atoms with Crippen molar-refractivity contribution < 1.29 is 24.5 Å². The van der Waals surface area contributed by atoms with Crippen LogP contribution in [-0.4, -0.2) is 52.5 Å². The Hall–Kier alpha value is -1.30. The first-order valence-electron chi connectivity index (χ1n) is 4.17. The van der Waals surface area contributed by atoms with Crippen LogP contribution in [-0.2, 0) is 9.53 Å². The Bertz CT molecular complexity index is 262. The smallest absolute Gasteiger partial charge is 0.408 e. The maximum Gasteiger partial charge on any atom is 0.408 e. The van der Waals surface area contributed by atoms with Crippen LogP contribution in [0.15, 0.2) is 0 Å². The molecule has 1 aliphatic heterocycles. The second-order valence-electron chi connectivity index (χ2n) is 3.65. The second-order valence-corrected chi connectivity index (χ2v) is 3.65.